The van der Waals surface area contributed by atoms with E-state index in [1.165, 1.54) is 65.6 Å². The van der Waals surface area contributed by atoms with Crippen LogP contribution in [0.3, 0.4) is 0 Å². The summed E-state index contributed by atoms with van der Waals surface area (Å²) in [7, 11) is 0. The number of phenols is 1. The first-order valence-electron chi connectivity index (χ1n) is 9.88. The maximum atomic E-state index is 13.3. The molecule has 1 heterocycles. The molecule has 1 fully saturated rings. The summed E-state index contributed by atoms with van der Waals surface area (Å²) in [5.74, 6) is -1.22. The van der Waals surface area contributed by atoms with E-state index in [0.717, 1.165) is 5.56 Å². The van der Waals surface area contributed by atoms with Gasteiger partial charge in [-0.05, 0) is 66.2 Å². The third-order valence-electron chi connectivity index (χ3n) is 5.39. The molecule has 3 aromatic carbocycles. The number of phenolic OH excluding ortho intramolecular Hbond substituents is 1. The first-order chi connectivity index (χ1) is 14.9. The van der Waals surface area contributed by atoms with Crippen LogP contribution in [0.1, 0.15) is 18.0 Å². The Hall–Kier alpha value is -3.45. The van der Waals surface area contributed by atoms with Crippen LogP contribution in [0.2, 0.25) is 0 Å². The topological polar surface area (TPSA) is 70.0 Å². The second-order valence-corrected chi connectivity index (χ2v) is 7.41. The fourth-order valence-electron chi connectivity index (χ4n) is 3.81. The molecule has 0 bridgehead atoms. The molecule has 3 atom stereocenters. The van der Waals surface area contributed by atoms with E-state index in [1.54, 1.807) is 12.1 Å². The van der Waals surface area contributed by atoms with Gasteiger partial charge in [0.25, 0.3) is 0 Å². The molecule has 5 nitrogen and oxygen atoms in total. The molecule has 1 aliphatic heterocycles. The molecule has 0 saturated carbocycles. The molecule has 1 aliphatic rings. The second-order valence-electron chi connectivity index (χ2n) is 7.41. The summed E-state index contributed by atoms with van der Waals surface area (Å²) < 4.78 is 31.9. The Balaban J connectivity index is 1.50. The lowest BCUT2D eigenvalue weighted by Gasteiger charge is -2.49. The zero-order valence-electron chi connectivity index (χ0n) is 16.5. The van der Waals surface area contributed by atoms with Crippen LogP contribution in [0.4, 0.5) is 14.5 Å². The van der Waals surface area contributed by atoms with Crippen molar-refractivity contribution >= 4 is 11.6 Å². The van der Waals surface area contributed by atoms with Gasteiger partial charge in [0.15, 0.2) is 0 Å². The molecular formula is C24H21F2NO4. The van der Waals surface area contributed by atoms with Crippen LogP contribution in [-0.4, -0.2) is 28.8 Å². The zero-order valence-corrected chi connectivity index (χ0v) is 16.5. The minimum atomic E-state index is -0.983. The van der Waals surface area contributed by atoms with Crippen LogP contribution < -0.4 is 9.64 Å². The maximum Gasteiger partial charge on any atom is 0.235 e. The van der Waals surface area contributed by atoms with Crippen LogP contribution in [0.15, 0.2) is 72.8 Å². The lowest BCUT2D eigenvalue weighted by Crippen LogP contribution is -2.59. The first kappa shape index (κ1) is 20.8. The lowest BCUT2D eigenvalue weighted by atomic mass is 9.77. The highest BCUT2D eigenvalue weighted by Gasteiger charge is 2.52. The minimum Gasteiger partial charge on any atom is -0.508 e. The summed E-state index contributed by atoms with van der Waals surface area (Å²) in [6.07, 6.45) is -0.789. The number of carbonyl (C=O) groups excluding carboxylic acids is 1. The molecule has 4 rings (SSSR count). The largest absolute Gasteiger partial charge is 0.508 e. The summed E-state index contributed by atoms with van der Waals surface area (Å²) in [5.41, 5.74) is 1.26. The molecule has 0 unspecified atom stereocenters. The average molecular weight is 425 g/mol. The molecule has 2 N–H and O–H groups in total. The van der Waals surface area contributed by atoms with E-state index in [0.29, 0.717) is 11.4 Å². The number of aliphatic hydroxyl groups excluding tert-OH is 1. The van der Waals surface area contributed by atoms with Crippen molar-refractivity contribution in [3.05, 3.63) is 90.0 Å². The monoisotopic (exact) mass is 425 g/mol. The highest BCUT2D eigenvalue weighted by molar-refractivity contribution is 6.03. The predicted octanol–water partition coefficient (Wildman–Crippen LogP) is 4.20. The zero-order chi connectivity index (χ0) is 22.0. The van der Waals surface area contributed by atoms with Gasteiger partial charge in [-0.1, -0.05) is 12.1 Å². The highest BCUT2D eigenvalue weighted by atomic mass is 19.1. The van der Waals surface area contributed by atoms with Gasteiger partial charge in [-0.25, -0.2) is 8.78 Å². The number of halogens is 2. The summed E-state index contributed by atoms with van der Waals surface area (Å²) in [6.45, 7) is 0.148. The van der Waals surface area contributed by atoms with Crippen molar-refractivity contribution in [1.82, 2.24) is 0 Å². The first-order valence-corrected chi connectivity index (χ1v) is 9.88. The Morgan fingerprint density at radius 1 is 0.903 bits per heavy atom. The quantitative estimate of drug-likeness (QED) is 0.557. The van der Waals surface area contributed by atoms with Crippen molar-refractivity contribution in [2.75, 3.05) is 11.5 Å². The van der Waals surface area contributed by atoms with Gasteiger partial charge < -0.3 is 19.8 Å². The van der Waals surface area contributed by atoms with Gasteiger partial charge >= 0.3 is 0 Å². The molecule has 3 aromatic rings. The molecule has 7 heteroatoms. The SMILES string of the molecule is O=C1[C@H]([C@@H](O)CCOc2ccc(F)cc2)[C@@H](c2ccc(O)cc2)N1c1ccc(F)cc1. The molecule has 0 aliphatic carbocycles. The Labute approximate surface area is 178 Å². The summed E-state index contributed by atoms with van der Waals surface area (Å²) in [5, 5.41) is 20.4. The average Bonchev–Trinajstić information content (AvgIpc) is 2.76. The van der Waals surface area contributed by atoms with E-state index in [2.05, 4.69) is 0 Å². The fourth-order valence-corrected chi connectivity index (χ4v) is 3.81. The minimum absolute atomic E-state index is 0.0903. The van der Waals surface area contributed by atoms with Crippen molar-refractivity contribution < 1.29 is 28.5 Å². The Morgan fingerprint density at radius 3 is 2.10 bits per heavy atom. The number of aliphatic hydroxyl groups is 1. The van der Waals surface area contributed by atoms with Crippen molar-refractivity contribution in [2.45, 2.75) is 18.6 Å². The van der Waals surface area contributed by atoms with Gasteiger partial charge in [0.1, 0.15) is 23.1 Å². The van der Waals surface area contributed by atoms with Gasteiger partial charge in [-0.3, -0.25) is 4.79 Å². The fraction of sp³-hybridized carbons (Fsp3) is 0.208. The molecule has 0 radical (unpaired) electrons. The number of benzene rings is 3. The van der Waals surface area contributed by atoms with E-state index < -0.39 is 23.9 Å². The Kier molecular flexibility index (Phi) is 5.86. The van der Waals surface area contributed by atoms with Gasteiger partial charge in [0.05, 0.1) is 24.7 Å². The van der Waals surface area contributed by atoms with Crippen LogP contribution in [0.25, 0.3) is 0 Å². The van der Waals surface area contributed by atoms with E-state index in [-0.39, 0.29) is 30.5 Å². The predicted molar refractivity (Wildman–Crippen MR) is 111 cm³/mol. The van der Waals surface area contributed by atoms with E-state index in [4.69, 9.17) is 4.74 Å². The van der Waals surface area contributed by atoms with Crippen LogP contribution >= 0.6 is 0 Å². The number of amides is 1. The second kappa shape index (κ2) is 8.73. The van der Waals surface area contributed by atoms with Crippen molar-refractivity contribution in [3.8, 4) is 11.5 Å². The number of ether oxygens (including phenoxy) is 1. The number of hydrogen-bond donors (Lipinski definition) is 2. The molecule has 31 heavy (non-hydrogen) atoms. The van der Waals surface area contributed by atoms with E-state index >= 15 is 0 Å². The smallest absolute Gasteiger partial charge is 0.235 e. The van der Waals surface area contributed by atoms with Crippen molar-refractivity contribution in [3.63, 3.8) is 0 Å². The molecule has 1 saturated heterocycles. The summed E-state index contributed by atoms with van der Waals surface area (Å²) >= 11 is 0. The number of nitrogens with zero attached hydrogens (tertiary/aromatic N) is 1. The molecule has 1 amide bonds. The van der Waals surface area contributed by atoms with Crippen LogP contribution in [0.5, 0.6) is 11.5 Å². The van der Waals surface area contributed by atoms with Gasteiger partial charge in [-0.15, -0.1) is 0 Å². The molecule has 0 aromatic heterocycles. The van der Waals surface area contributed by atoms with Crippen molar-refractivity contribution in [1.29, 1.82) is 0 Å². The summed E-state index contributed by atoms with van der Waals surface area (Å²) in [6, 6.07) is 17.1. The van der Waals surface area contributed by atoms with Gasteiger partial charge in [0, 0.05) is 12.1 Å². The number of anilines is 1. The van der Waals surface area contributed by atoms with Gasteiger partial charge in [0.2, 0.25) is 5.91 Å². The highest BCUT2D eigenvalue weighted by Crippen LogP contribution is 2.45. The number of hydrogen-bond acceptors (Lipinski definition) is 4. The summed E-state index contributed by atoms with van der Waals surface area (Å²) in [4.78, 5) is 14.5. The molecule has 0 spiro atoms. The number of aromatic hydroxyl groups is 1. The van der Waals surface area contributed by atoms with E-state index in [1.807, 2.05) is 0 Å². The number of carbonyl (C=O) groups is 1. The molecular weight excluding hydrogens is 404 g/mol. The number of β-lactam (4-membered cyclic amide) rings is 1. The normalized spacial score (nSPS) is 19.1. The third-order valence-corrected chi connectivity index (χ3v) is 5.39. The van der Waals surface area contributed by atoms with Gasteiger partial charge in [-0.2, -0.15) is 0 Å². The third kappa shape index (κ3) is 4.36. The maximum absolute atomic E-state index is 13.3. The van der Waals surface area contributed by atoms with E-state index in [9.17, 15) is 23.8 Å². The van der Waals surface area contributed by atoms with Crippen LogP contribution in [0, 0.1) is 17.6 Å². The van der Waals surface area contributed by atoms with Crippen LogP contribution in [-0.2, 0) is 4.79 Å². The lowest BCUT2D eigenvalue weighted by molar-refractivity contribution is -0.136. The van der Waals surface area contributed by atoms with Crippen molar-refractivity contribution in [2.24, 2.45) is 5.92 Å². The Bertz CT molecular complexity index is 1040. The Morgan fingerprint density at radius 2 is 1.48 bits per heavy atom. The standard InChI is InChI=1S/C24H21F2NO4/c25-16-3-7-18(8-4-16)27-23(15-1-9-19(28)10-2-15)22(24(27)30)21(29)13-14-31-20-11-5-17(26)6-12-20/h1-12,21-23,28-29H,13-14H2/t21-,22+,23+/m0/s1. The molecule has 160 valence electrons. The number of rotatable bonds is 7.